The van der Waals surface area contributed by atoms with Gasteiger partial charge in [0.15, 0.2) is 0 Å². The average Bonchev–Trinajstić information content (AvgIpc) is 3.11. The monoisotopic (exact) mass is 456 g/mol. The number of amides is 2. The molecule has 3 aliphatic heterocycles. The van der Waals surface area contributed by atoms with Crippen LogP contribution in [0.3, 0.4) is 0 Å². The molecule has 4 heterocycles. The zero-order valence-corrected chi connectivity index (χ0v) is 20.7. The van der Waals surface area contributed by atoms with Gasteiger partial charge in [-0.25, -0.2) is 9.97 Å². The third kappa shape index (κ3) is 5.00. The lowest BCUT2D eigenvalue weighted by atomic mass is 10.1. The van der Waals surface area contributed by atoms with Crippen molar-refractivity contribution in [3.8, 4) is 0 Å². The molecule has 4 unspecified atom stereocenters. The molecule has 0 aromatic carbocycles. The molecule has 33 heavy (non-hydrogen) atoms. The van der Waals surface area contributed by atoms with E-state index in [0.717, 1.165) is 25.5 Å². The summed E-state index contributed by atoms with van der Waals surface area (Å²) in [5.74, 6) is 0.945. The fourth-order valence-corrected chi connectivity index (χ4v) is 5.59. The molecule has 1 aromatic heterocycles. The van der Waals surface area contributed by atoms with Gasteiger partial charge in [-0.1, -0.05) is 27.2 Å². The topological polar surface area (TPSA) is 72.9 Å². The van der Waals surface area contributed by atoms with Crippen LogP contribution in [0.25, 0.3) is 0 Å². The molecule has 0 radical (unpaired) electrons. The third-order valence-electron chi connectivity index (χ3n) is 7.87. The number of anilines is 1. The summed E-state index contributed by atoms with van der Waals surface area (Å²) in [4.78, 5) is 43.4. The van der Waals surface area contributed by atoms with Gasteiger partial charge in [-0.05, 0) is 32.6 Å². The molecule has 3 aliphatic rings. The van der Waals surface area contributed by atoms with E-state index < -0.39 is 0 Å². The zero-order valence-electron chi connectivity index (χ0n) is 20.7. The summed E-state index contributed by atoms with van der Waals surface area (Å²) in [5.41, 5.74) is 0.531. The highest BCUT2D eigenvalue weighted by Gasteiger charge is 2.42. The molecule has 3 saturated heterocycles. The number of nitrogens with zero attached hydrogens (tertiary/aromatic N) is 6. The molecule has 4 rings (SSSR count). The lowest BCUT2D eigenvalue weighted by Crippen LogP contribution is -2.56. The zero-order chi connectivity index (χ0) is 23.5. The number of aromatic nitrogens is 2. The van der Waals surface area contributed by atoms with Gasteiger partial charge in [0.25, 0.3) is 5.91 Å². The van der Waals surface area contributed by atoms with E-state index in [9.17, 15) is 9.59 Å². The maximum absolute atomic E-state index is 13.0. The van der Waals surface area contributed by atoms with Crippen molar-refractivity contribution in [2.75, 3.05) is 44.2 Å². The first-order chi connectivity index (χ1) is 15.9. The summed E-state index contributed by atoms with van der Waals surface area (Å²) in [5, 5.41) is 0. The maximum Gasteiger partial charge on any atom is 0.257 e. The number of likely N-dealkylation sites (tertiary alicyclic amines) is 1. The fourth-order valence-electron chi connectivity index (χ4n) is 5.59. The second kappa shape index (κ2) is 10.4. The van der Waals surface area contributed by atoms with Crippen molar-refractivity contribution in [3.05, 3.63) is 18.0 Å². The largest absolute Gasteiger partial charge is 0.339 e. The normalized spacial score (nSPS) is 25.3. The van der Waals surface area contributed by atoms with Gasteiger partial charge in [-0.2, -0.15) is 0 Å². The van der Waals surface area contributed by atoms with Crippen LogP contribution >= 0.6 is 0 Å². The molecular weight excluding hydrogens is 416 g/mol. The SMILES string of the molecule is CCCC(C)N1CC2CCC(C1)N2c1ncc(C(=O)N2CCN(C(=O)C(C)CC)CC2)cn1. The van der Waals surface area contributed by atoms with E-state index in [2.05, 4.69) is 33.6 Å². The molecule has 3 fully saturated rings. The summed E-state index contributed by atoms with van der Waals surface area (Å²) in [6, 6.07) is 1.54. The highest BCUT2D eigenvalue weighted by Crippen LogP contribution is 2.34. The predicted octanol–water partition coefficient (Wildman–Crippen LogP) is 2.65. The van der Waals surface area contributed by atoms with Crippen LogP contribution in [0, 0.1) is 5.92 Å². The lowest BCUT2D eigenvalue weighted by molar-refractivity contribution is -0.136. The third-order valence-corrected chi connectivity index (χ3v) is 7.87. The predicted molar refractivity (Wildman–Crippen MR) is 129 cm³/mol. The summed E-state index contributed by atoms with van der Waals surface area (Å²) in [7, 11) is 0. The van der Waals surface area contributed by atoms with Crippen molar-refractivity contribution in [1.29, 1.82) is 0 Å². The summed E-state index contributed by atoms with van der Waals surface area (Å²) in [6.07, 6.45) is 9.05. The van der Waals surface area contributed by atoms with Gasteiger partial charge < -0.3 is 14.7 Å². The molecule has 2 bridgehead atoms. The number of carbonyl (C=O) groups excluding carboxylic acids is 2. The van der Waals surface area contributed by atoms with Gasteiger partial charge in [0.05, 0.1) is 5.56 Å². The Labute approximate surface area is 198 Å². The molecule has 1 aromatic rings. The highest BCUT2D eigenvalue weighted by atomic mass is 16.2. The van der Waals surface area contributed by atoms with E-state index in [1.165, 1.54) is 25.7 Å². The minimum absolute atomic E-state index is 0.0419. The maximum atomic E-state index is 13.0. The van der Waals surface area contributed by atoms with Crippen LogP contribution in [0.1, 0.15) is 70.2 Å². The van der Waals surface area contributed by atoms with Crippen LogP contribution in [0.4, 0.5) is 5.95 Å². The van der Waals surface area contributed by atoms with Crippen molar-refractivity contribution >= 4 is 17.8 Å². The number of rotatable bonds is 7. The molecular formula is C25H40N6O2. The van der Waals surface area contributed by atoms with Crippen LogP contribution in [0.2, 0.25) is 0 Å². The smallest absolute Gasteiger partial charge is 0.257 e. The highest BCUT2D eigenvalue weighted by molar-refractivity contribution is 5.94. The average molecular weight is 457 g/mol. The molecule has 8 heteroatoms. The van der Waals surface area contributed by atoms with Crippen molar-refractivity contribution in [1.82, 2.24) is 24.7 Å². The van der Waals surface area contributed by atoms with Crippen molar-refractivity contribution in [2.45, 2.75) is 77.9 Å². The van der Waals surface area contributed by atoms with Gasteiger partial charge in [-0.3, -0.25) is 14.5 Å². The Kier molecular flexibility index (Phi) is 7.51. The Morgan fingerprint density at radius 3 is 2.09 bits per heavy atom. The van der Waals surface area contributed by atoms with Gasteiger partial charge in [0, 0.05) is 75.7 Å². The van der Waals surface area contributed by atoms with E-state index in [0.29, 0.717) is 49.9 Å². The van der Waals surface area contributed by atoms with E-state index in [-0.39, 0.29) is 17.7 Å². The quantitative estimate of drug-likeness (QED) is 0.628. The first-order valence-electron chi connectivity index (χ1n) is 12.8. The second-order valence-corrected chi connectivity index (χ2v) is 10.1. The number of hydrogen-bond acceptors (Lipinski definition) is 6. The fraction of sp³-hybridized carbons (Fsp3) is 0.760. The minimum Gasteiger partial charge on any atom is -0.339 e. The van der Waals surface area contributed by atoms with Gasteiger partial charge in [-0.15, -0.1) is 0 Å². The van der Waals surface area contributed by atoms with Crippen LogP contribution in [-0.4, -0.2) is 93.9 Å². The minimum atomic E-state index is -0.0432. The van der Waals surface area contributed by atoms with Crippen LogP contribution in [0.5, 0.6) is 0 Å². The van der Waals surface area contributed by atoms with Gasteiger partial charge in [0.2, 0.25) is 11.9 Å². The Hall–Kier alpha value is -2.22. The van der Waals surface area contributed by atoms with Crippen LogP contribution < -0.4 is 4.90 Å². The summed E-state index contributed by atoms with van der Waals surface area (Å²) in [6.45, 7) is 13.1. The summed E-state index contributed by atoms with van der Waals surface area (Å²) >= 11 is 0. The Morgan fingerprint density at radius 1 is 0.970 bits per heavy atom. The number of fused-ring (bicyclic) bond motifs is 2. The number of carbonyl (C=O) groups is 2. The van der Waals surface area contributed by atoms with E-state index in [1.54, 1.807) is 12.4 Å². The molecule has 0 saturated carbocycles. The Balaban J connectivity index is 1.35. The van der Waals surface area contributed by atoms with E-state index in [4.69, 9.17) is 0 Å². The molecule has 0 N–H and O–H groups in total. The first kappa shape index (κ1) is 23.9. The molecule has 182 valence electrons. The number of piperazine rings is 2. The molecule has 0 aliphatic carbocycles. The van der Waals surface area contributed by atoms with Crippen molar-refractivity contribution in [3.63, 3.8) is 0 Å². The Bertz CT molecular complexity index is 809. The number of hydrogen-bond donors (Lipinski definition) is 0. The molecule has 2 amide bonds. The van der Waals surface area contributed by atoms with Crippen LogP contribution in [0.15, 0.2) is 12.4 Å². The lowest BCUT2D eigenvalue weighted by Gasteiger charge is -2.43. The molecule has 4 atom stereocenters. The van der Waals surface area contributed by atoms with Gasteiger partial charge in [0.1, 0.15) is 0 Å². The van der Waals surface area contributed by atoms with E-state index >= 15 is 0 Å². The first-order valence-corrected chi connectivity index (χ1v) is 12.8. The molecule has 8 nitrogen and oxygen atoms in total. The standard InChI is InChI=1S/C25H40N6O2/c1-5-7-19(4)30-16-21-8-9-22(17-30)31(21)25-26-14-20(15-27-25)24(33)29-12-10-28(11-13-29)23(32)18(3)6-2/h14-15,18-19,21-22H,5-13,16-17H2,1-4H3. The summed E-state index contributed by atoms with van der Waals surface area (Å²) < 4.78 is 0. The van der Waals surface area contributed by atoms with Crippen LogP contribution in [-0.2, 0) is 4.79 Å². The van der Waals surface area contributed by atoms with Gasteiger partial charge >= 0.3 is 0 Å². The molecule has 0 spiro atoms. The Morgan fingerprint density at radius 2 is 1.55 bits per heavy atom. The van der Waals surface area contributed by atoms with Crippen molar-refractivity contribution in [2.24, 2.45) is 5.92 Å². The van der Waals surface area contributed by atoms with E-state index in [1.807, 2.05) is 23.6 Å². The van der Waals surface area contributed by atoms with Crippen molar-refractivity contribution < 1.29 is 9.59 Å². The second-order valence-electron chi connectivity index (χ2n) is 10.1.